The number of carbonyl (C=O) groups excluding carboxylic acids is 2. The van der Waals surface area contributed by atoms with Crippen LogP contribution in [0.3, 0.4) is 0 Å². The highest BCUT2D eigenvalue weighted by molar-refractivity contribution is 8.27. The number of rotatable bonds is 3. The molecule has 1 aliphatic rings. The quantitative estimate of drug-likeness (QED) is 0.471. The molecule has 3 nitrogen and oxygen atoms in total. The highest BCUT2D eigenvalue weighted by Crippen LogP contribution is 2.36. The number of thiophene rings is 1. The summed E-state index contributed by atoms with van der Waals surface area (Å²) in [6.45, 7) is 1.51. The van der Waals surface area contributed by atoms with Crippen LogP contribution in [0.4, 0.5) is 5.69 Å². The zero-order chi connectivity index (χ0) is 15.7. The van der Waals surface area contributed by atoms with Crippen molar-refractivity contribution in [3.05, 3.63) is 57.1 Å². The number of carbonyl (C=O) groups is 2. The molecule has 1 aromatic carbocycles. The van der Waals surface area contributed by atoms with Gasteiger partial charge in [-0.15, -0.1) is 11.3 Å². The van der Waals surface area contributed by atoms with E-state index in [9.17, 15) is 9.59 Å². The van der Waals surface area contributed by atoms with E-state index in [0.29, 0.717) is 20.5 Å². The first kappa shape index (κ1) is 15.1. The Hall–Kier alpha value is -1.76. The largest absolute Gasteiger partial charge is 0.295 e. The topological polar surface area (TPSA) is 37.4 Å². The van der Waals surface area contributed by atoms with E-state index >= 15 is 0 Å². The fourth-order valence-corrected chi connectivity index (χ4v) is 4.06. The van der Waals surface area contributed by atoms with E-state index in [2.05, 4.69) is 0 Å². The van der Waals surface area contributed by atoms with Crippen LogP contribution in [0.15, 0.2) is 46.7 Å². The second-order valence-corrected chi connectivity index (χ2v) is 7.29. The van der Waals surface area contributed by atoms with Crippen molar-refractivity contribution in [3.63, 3.8) is 0 Å². The average molecular weight is 345 g/mol. The number of anilines is 1. The second-order valence-electron chi connectivity index (χ2n) is 4.64. The van der Waals surface area contributed by atoms with Gasteiger partial charge in [-0.25, -0.2) is 0 Å². The molecule has 0 bridgehead atoms. The summed E-state index contributed by atoms with van der Waals surface area (Å²) in [7, 11) is 0. The molecule has 0 radical (unpaired) electrons. The predicted molar refractivity (Wildman–Crippen MR) is 96.4 cm³/mol. The Labute approximate surface area is 141 Å². The summed E-state index contributed by atoms with van der Waals surface area (Å²) >= 11 is 8.19. The molecule has 110 valence electrons. The van der Waals surface area contributed by atoms with Crippen LogP contribution < -0.4 is 4.90 Å². The SMILES string of the molecule is CC(=O)c1ccc(N2C(=O)/C(=C\c3cccs3)SC2=S)cc1. The van der Waals surface area contributed by atoms with Crippen LogP contribution in [-0.2, 0) is 4.79 Å². The maximum absolute atomic E-state index is 12.5. The van der Waals surface area contributed by atoms with Crippen LogP contribution in [-0.4, -0.2) is 16.0 Å². The van der Waals surface area contributed by atoms with Gasteiger partial charge >= 0.3 is 0 Å². The van der Waals surface area contributed by atoms with Gasteiger partial charge in [0.15, 0.2) is 10.1 Å². The number of benzene rings is 1. The van der Waals surface area contributed by atoms with Gasteiger partial charge in [0, 0.05) is 10.4 Å². The first-order chi connectivity index (χ1) is 10.6. The van der Waals surface area contributed by atoms with Gasteiger partial charge in [-0.2, -0.15) is 0 Å². The lowest BCUT2D eigenvalue weighted by atomic mass is 10.1. The van der Waals surface area contributed by atoms with Gasteiger partial charge in [0.1, 0.15) is 0 Å². The fourth-order valence-electron chi connectivity index (χ4n) is 2.04. The summed E-state index contributed by atoms with van der Waals surface area (Å²) < 4.78 is 0.503. The third-order valence-electron chi connectivity index (χ3n) is 3.14. The lowest BCUT2D eigenvalue weighted by Crippen LogP contribution is -2.27. The Balaban J connectivity index is 1.90. The molecule has 3 rings (SSSR count). The number of hydrogen-bond acceptors (Lipinski definition) is 5. The molecule has 1 aliphatic heterocycles. The van der Waals surface area contributed by atoms with Crippen LogP contribution in [0.2, 0.25) is 0 Å². The van der Waals surface area contributed by atoms with E-state index in [0.717, 1.165) is 4.88 Å². The van der Waals surface area contributed by atoms with Gasteiger partial charge < -0.3 is 0 Å². The third-order valence-corrected chi connectivity index (χ3v) is 5.26. The van der Waals surface area contributed by atoms with Crippen LogP contribution in [0, 0.1) is 0 Å². The second kappa shape index (κ2) is 6.16. The van der Waals surface area contributed by atoms with Crippen molar-refractivity contribution in [2.24, 2.45) is 0 Å². The average Bonchev–Trinajstić information content (AvgIpc) is 3.09. The maximum atomic E-state index is 12.5. The number of thiocarbonyl (C=S) groups is 1. The summed E-state index contributed by atoms with van der Waals surface area (Å²) in [5.41, 5.74) is 1.30. The molecular formula is C16H11NO2S3. The number of amides is 1. The molecule has 1 aromatic heterocycles. The molecule has 0 spiro atoms. The standard InChI is InChI=1S/C16H11NO2S3/c1-10(18)11-4-6-12(7-5-11)17-15(19)14(22-16(17)20)9-13-3-2-8-21-13/h2-9H,1H3/b14-9+. The van der Waals surface area contributed by atoms with Crippen LogP contribution in [0.25, 0.3) is 6.08 Å². The number of ketones is 1. The van der Waals surface area contributed by atoms with E-state index in [1.165, 1.54) is 23.6 Å². The van der Waals surface area contributed by atoms with E-state index in [-0.39, 0.29) is 11.7 Å². The molecule has 0 unspecified atom stereocenters. The van der Waals surface area contributed by atoms with Crippen LogP contribution in [0.5, 0.6) is 0 Å². The number of nitrogens with zero attached hydrogens (tertiary/aromatic N) is 1. The molecule has 6 heteroatoms. The number of hydrogen-bond donors (Lipinski definition) is 0. The molecule has 1 saturated heterocycles. The van der Waals surface area contributed by atoms with E-state index in [1.54, 1.807) is 35.6 Å². The smallest absolute Gasteiger partial charge is 0.270 e. The Morgan fingerprint density at radius 1 is 1.23 bits per heavy atom. The minimum atomic E-state index is -0.126. The third kappa shape index (κ3) is 2.90. The summed E-state index contributed by atoms with van der Waals surface area (Å²) in [5, 5.41) is 1.97. The molecule has 0 aliphatic carbocycles. The van der Waals surface area contributed by atoms with Gasteiger partial charge in [-0.3, -0.25) is 14.5 Å². The number of thioether (sulfide) groups is 1. The monoisotopic (exact) mass is 345 g/mol. The Bertz CT molecular complexity index is 776. The van der Waals surface area contributed by atoms with Crippen LogP contribution >= 0.6 is 35.3 Å². The Morgan fingerprint density at radius 3 is 2.55 bits per heavy atom. The lowest BCUT2D eigenvalue weighted by molar-refractivity contribution is -0.113. The zero-order valence-corrected chi connectivity index (χ0v) is 14.1. The minimum absolute atomic E-state index is 0.00506. The van der Waals surface area contributed by atoms with Crippen molar-refractivity contribution in [1.82, 2.24) is 0 Å². The van der Waals surface area contributed by atoms with Crippen molar-refractivity contribution in [1.29, 1.82) is 0 Å². The first-order valence-corrected chi connectivity index (χ1v) is 8.59. The highest BCUT2D eigenvalue weighted by atomic mass is 32.2. The molecule has 2 aromatic rings. The number of Topliss-reactive ketones (excluding diaryl/α,β-unsaturated/α-hetero) is 1. The van der Waals surface area contributed by atoms with Crippen molar-refractivity contribution in [2.75, 3.05) is 4.90 Å². The molecule has 2 heterocycles. The van der Waals surface area contributed by atoms with Gasteiger partial charge in [0.05, 0.1) is 10.6 Å². The summed E-state index contributed by atoms with van der Waals surface area (Å²) in [6.07, 6.45) is 1.86. The van der Waals surface area contributed by atoms with Gasteiger partial charge in [0.2, 0.25) is 0 Å². The molecule has 0 atom stereocenters. The normalized spacial score (nSPS) is 16.6. The van der Waals surface area contributed by atoms with E-state index < -0.39 is 0 Å². The maximum Gasteiger partial charge on any atom is 0.270 e. The van der Waals surface area contributed by atoms with Crippen molar-refractivity contribution >= 4 is 63.1 Å². The minimum Gasteiger partial charge on any atom is -0.295 e. The summed E-state index contributed by atoms with van der Waals surface area (Å²) in [4.78, 5) is 27.0. The van der Waals surface area contributed by atoms with Crippen molar-refractivity contribution < 1.29 is 9.59 Å². The highest BCUT2D eigenvalue weighted by Gasteiger charge is 2.33. The molecule has 0 N–H and O–H groups in total. The predicted octanol–water partition coefficient (Wildman–Crippen LogP) is 4.36. The van der Waals surface area contributed by atoms with Gasteiger partial charge in [-0.05, 0) is 48.7 Å². The first-order valence-electron chi connectivity index (χ1n) is 6.49. The molecule has 0 saturated carbocycles. The Morgan fingerprint density at radius 2 is 1.95 bits per heavy atom. The fraction of sp³-hybridized carbons (Fsp3) is 0.0625. The zero-order valence-electron chi connectivity index (χ0n) is 11.6. The van der Waals surface area contributed by atoms with Crippen LogP contribution in [0.1, 0.15) is 22.2 Å². The lowest BCUT2D eigenvalue weighted by Gasteiger charge is -2.14. The van der Waals surface area contributed by atoms with Crippen molar-refractivity contribution in [3.8, 4) is 0 Å². The van der Waals surface area contributed by atoms with Crippen molar-refractivity contribution in [2.45, 2.75) is 6.92 Å². The van der Waals surface area contributed by atoms with E-state index in [1.807, 2.05) is 23.6 Å². The molecule has 1 fully saturated rings. The summed E-state index contributed by atoms with van der Waals surface area (Å²) in [5.74, 6) is -0.131. The van der Waals surface area contributed by atoms with E-state index in [4.69, 9.17) is 12.2 Å². The Kier molecular flexibility index (Phi) is 4.24. The molecular weight excluding hydrogens is 334 g/mol. The summed E-state index contributed by atoms with van der Waals surface area (Å²) in [6, 6.07) is 10.8. The van der Waals surface area contributed by atoms with Gasteiger partial charge in [0.25, 0.3) is 5.91 Å². The van der Waals surface area contributed by atoms with Gasteiger partial charge in [-0.1, -0.05) is 30.0 Å². The molecule has 22 heavy (non-hydrogen) atoms. The molecule has 1 amide bonds.